The first kappa shape index (κ1) is 15.6. The summed E-state index contributed by atoms with van der Waals surface area (Å²) in [5.41, 5.74) is 0.556. The Bertz CT molecular complexity index is 528. The number of rotatable bonds is 3. The fourth-order valence-corrected chi connectivity index (χ4v) is 2.41. The second-order valence-electron chi connectivity index (χ2n) is 6.70. The lowest BCUT2D eigenvalue weighted by Crippen LogP contribution is -2.49. The van der Waals surface area contributed by atoms with Gasteiger partial charge in [-0.1, -0.05) is 20.8 Å². The molecule has 0 aromatic carbocycles. The Morgan fingerprint density at radius 3 is 2.76 bits per heavy atom. The maximum absolute atomic E-state index is 12.2. The molecule has 1 aliphatic carbocycles. The molecular formula is C16H24N2O3. The first-order valence-corrected chi connectivity index (χ1v) is 7.46. The number of hydrogen-bond acceptors (Lipinski definition) is 3. The van der Waals surface area contributed by atoms with Crippen LogP contribution < -0.4 is 10.6 Å². The third-order valence-corrected chi connectivity index (χ3v) is 3.79. The largest absolute Gasteiger partial charge is 0.469 e. The molecule has 0 radical (unpaired) electrons. The summed E-state index contributed by atoms with van der Waals surface area (Å²) in [6.45, 7) is 7.18. The van der Waals surface area contributed by atoms with Crippen LogP contribution in [0.1, 0.15) is 57.9 Å². The summed E-state index contributed by atoms with van der Waals surface area (Å²) < 4.78 is 5.42. The lowest BCUT2D eigenvalue weighted by Gasteiger charge is -2.26. The standard InChI is InChI=1S/C16H24N2O3/c1-10(17-15(20)16(2,3)4)14(19)18-12-6-5-7-13-11(12)8-9-21-13/h8-10,12H,5-7H2,1-4H3,(H,17,20)(H,18,19). The smallest absolute Gasteiger partial charge is 0.242 e. The van der Waals surface area contributed by atoms with Crippen molar-refractivity contribution in [2.24, 2.45) is 5.41 Å². The molecule has 0 fully saturated rings. The highest BCUT2D eigenvalue weighted by atomic mass is 16.3. The molecule has 1 aromatic rings. The molecule has 2 amide bonds. The van der Waals surface area contributed by atoms with Crippen LogP contribution in [0.5, 0.6) is 0 Å². The highest BCUT2D eigenvalue weighted by Gasteiger charge is 2.28. The van der Waals surface area contributed by atoms with E-state index < -0.39 is 11.5 Å². The zero-order chi connectivity index (χ0) is 15.6. The average Bonchev–Trinajstić information content (AvgIpc) is 2.86. The first-order chi connectivity index (χ1) is 9.79. The van der Waals surface area contributed by atoms with E-state index in [-0.39, 0.29) is 17.9 Å². The Morgan fingerprint density at radius 2 is 2.10 bits per heavy atom. The molecule has 0 aliphatic heterocycles. The van der Waals surface area contributed by atoms with E-state index in [9.17, 15) is 9.59 Å². The van der Waals surface area contributed by atoms with Gasteiger partial charge in [0.1, 0.15) is 11.8 Å². The van der Waals surface area contributed by atoms with Crippen molar-refractivity contribution in [1.82, 2.24) is 10.6 Å². The second kappa shape index (κ2) is 5.92. The van der Waals surface area contributed by atoms with Gasteiger partial charge in [-0.15, -0.1) is 0 Å². The van der Waals surface area contributed by atoms with Crippen LogP contribution >= 0.6 is 0 Å². The average molecular weight is 292 g/mol. The minimum atomic E-state index is -0.547. The third kappa shape index (κ3) is 3.65. The number of nitrogens with one attached hydrogen (secondary N) is 2. The monoisotopic (exact) mass is 292 g/mol. The number of carbonyl (C=O) groups excluding carboxylic acids is 2. The summed E-state index contributed by atoms with van der Waals surface area (Å²) in [6.07, 6.45) is 4.48. The van der Waals surface area contributed by atoms with E-state index >= 15 is 0 Å². The molecule has 5 heteroatoms. The van der Waals surface area contributed by atoms with Crippen molar-refractivity contribution in [1.29, 1.82) is 0 Å². The van der Waals surface area contributed by atoms with Gasteiger partial charge in [0, 0.05) is 17.4 Å². The van der Waals surface area contributed by atoms with E-state index in [1.54, 1.807) is 13.2 Å². The lowest BCUT2D eigenvalue weighted by molar-refractivity contribution is -0.133. The van der Waals surface area contributed by atoms with E-state index in [0.717, 1.165) is 30.6 Å². The molecule has 5 nitrogen and oxygen atoms in total. The summed E-state index contributed by atoms with van der Waals surface area (Å²) in [5, 5.41) is 5.76. The predicted octanol–water partition coefficient (Wildman–Crippen LogP) is 2.32. The molecule has 2 unspecified atom stereocenters. The molecule has 0 bridgehead atoms. The van der Waals surface area contributed by atoms with Gasteiger partial charge in [-0.3, -0.25) is 9.59 Å². The van der Waals surface area contributed by atoms with Crippen LogP contribution in [0.4, 0.5) is 0 Å². The highest BCUT2D eigenvalue weighted by Crippen LogP contribution is 2.30. The maximum atomic E-state index is 12.2. The van der Waals surface area contributed by atoms with Gasteiger partial charge in [0.25, 0.3) is 0 Å². The molecule has 0 saturated carbocycles. The lowest BCUT2D eigenvalue weighted by atomic mass is 9.93. The minimum Gasteiger partial charge on any atom is -0.469 e. The molecule has 1 aliphatic rings. The van der Waals surface area contributed by atoms with E-state index in [2.05, 4.69) is 10.6 Å². The molecule has 2 atom stereocenters. The molecule has 1 aromatic heterocycles. The first-order valence-electron chi connectivity index (χ1n) is 7.46. The van der Waals surface area contributed by atoms with E-state index in [1.165, 1.54) is 0 Å². The maximum Gasteiger partial charge on any atom is 0.242 e. The van der Waals surface area contributed by atoms with Crippen LogP contribution in [0.3, 0.4) is 0 Å². The minimum absolute atomic E-state index is 0.0195. The Balaban J connectivity index is 1.95. The van der Waals surface area contributed by atoms with E-state index in [0.29, 0.717) is 0 Å². The molecular weight excluding hydrogens is 268 g/mol. The van der Waals surface area contributed by atoms with Gasteiger partial charge in [-0.25, -0.2) is 0 Å². The summed E-state index contributed by atoms with van der Waals surface area (Å²) in [5.74, 6) is 0.669. The van der Waals surface area contributed by atoms with Crippen molar-refractivity contribution in [3.05, 3.63) is 23.7 Å². The van der Waals surface area contributed by atoms with Gasteiger partial charge in [-0.05, 0) is 25.8 Å². The molecule has 1 heterocycles. The Morgan fingerprint density at radius 1 is 1.38 bits per heavy atom. The van der Waals surface area contributed by atoms with Crippen LogP contribution in [0.2, 0.25) is 0 Å². The third-order valence-electron chi connectivity index (χ3n) is 3.79. The summed E-state index contributed by atoms with van der Waals surface area (Å²) in [6, 6.07) is 1.35. The fraction of sp³-hybridized carbons (Fsp3) is 0.625. The number of amides is 2. The van der Waals surface area contributed by atoms with Gasteiger partial charge in [0.2, 0.25) is 11.8 Å². The molecule has 2 N–H and O–H groups in total. The number of hydrogen-bond donors (Lipinski definition) is 2. The second-order valence-corrected chi connectivity index (χ2v) is 6.70. The Kier molecular flexibility index (Phi) is 4.40. The number of carbonyl (C=O) groups is 2. The van der Waals surface area contributed by atoms with Gasteiger partial charge >= 0.3 is 0 Å². The normalized spacial score (nSPS) is 19.5. The fourth-order valence-electron chi connectivity index (χ4n) is 2.41. The van der Waals surface area contributed by atoms with Crippen molar-refractivity contribution in [3.63, 3.8) is 0 Å². The zero-order valence-electron chi connectivity index (χ0n) is 13.2. The van der Waals surface area contributed by atoms with Gasteiger partial charge < -0.3 is 15.1 Å². The van der Waals surface area contributed by atoms with Crippen LogP contribution in [0.25, 0.3) is 0 Å². The van der Waals surface area contributed by atoms with Crippen LogP contribution in [-0.2, 0) is 16.0 Å². The van der Waals surface area contributed by atoms with Gasteiger partial charge in [-0.2, -0.15) is 0 Å². The van der Waals surface area contributed by atoms with Crippen LogP contribution in [0.15, 0.2) is 16.7 Å². The number of aryl methyl sites for hydroxylation is 1. The predicted molar refractivity (Wildman–Crippen MR) is 79.6 cm³/mol. The number of furan rings is 1. The molecule has 116 valence electrons. The van der Waals surface area contributed by atoms with Crippen molar-refractivity contribution >= 4 is 11.8 Å². The number of fused-ring (bicyclic) bond motifs is 1. The van der Waals surface area contributed by atoms with E-state index in [1.807, 2.05) is 26.8 Å². The van der Waals surface area contributed by atoms with Gasteiger partial charge in [0.15, 0.2) is 0 Å². The SMILES string of the molecule is CC(NC(=O)C(C)(C)C)C(=O)NC1CCCc2occc21. The topological polar surface area (TPSA) is 71.3 Å². The highest BCUT2D eigenvalue weighted by molar-refractivity contribution is 5.89. The van der Waals surface area contributed by atoms with Crippen molar-refractivity contribution in [3.8, 4) is 0 Å². The van der Waals surface area contributed by atoms with Crippen molar-refractivity contribution in [2.75, 3.05) is 0 Å². The molecule has 0 saturated heterocycles. The van der Waals surface area contributed by atoms with Crippen molar-refractivity contribution < 1.29 is 14.0 Å². The Labute approximate surface area is 125 Å². The quantitative estimate of drug-likeness (QED) is 0.898. The zero-order valence-corrected chi connectivity index (χ0v) is 13.2. The molecule has 0 spiro atoms. The Hall–Kier alpha value is -1.78. The van der Waals surface area contributed by atoms with E-state index in [4.69, 9.17) is 4.42 Å². The van der Waals surface area contributed by atoms with Crippen molar-refractivity contribution in [2.45, 2.75) is 59.0 Å². The molecule has 21 heavy (non-hydrogen) atoms. The summed E-state index contributed by atoms with van der Waals surface area (Å²) >= 11 is 0. The van der Waals surface area contributed by atoms with Crippen LogP contribution in [-0.4, -0.2) is 17.9 Å². The summed E-state index contributed by atoms with van der Waals surface area (Å²) in [4.78, 5) is 24.2. The van der Waals surface area contributed by atoms with Gasteiger partial charge in [0.05, 0.1) is 12.3 Å². The van der Waals surface area contributed by atoms with Crippen LogP contribution in [0, 0.1) is 5.41 Å². The molecule has 2 rings (SSSR count). The summed E-state index contributed by atoms with van der Waals surface area (Å²) in [7, 11) is 0.